The van der Waals surface area contributed by atoms with Gasteiger partial charge in [-0.3, -0.25) is 9.48 Å². The van der Waals surface area contributed by atoms with Crippen LogP contribution >= 0.6 is 0 Å². The second kappa shape index (κ2) is 6.70. The topological polar surface area (TPSA) is 73.0 Å². The first-order valence-electron chi connectivity index (χ1n) is 6.49. The Kier molecular flexibility index (Phi) is 4.70. The Morgan fingerprint density at radius 1 is 1.55 bits per heavy atom. The number of hydrogen-bond acceptors (Lipinski definition) is 4. The number of aromatic nitrogens is 3. The molecule has 1 amide bonds. The third-order valence-electron chi connectivity index (χ3n) is 2.92. The lowest BCUT2D eigenvalue weighted by Crippen LogP contribution is -2.40. The van der Waals surface area contributed by atoms with Gasteiger partial charge in [-0.25, -0.2) is 4.98 Å². The minimum absolute atomic E-state index is 0.00884. The van der Waals surface area contributed by atoms with E-state index in [0.29, 0.717) is 18.2 Å². The van der Waals surface area contributed by atoms with E-state index in [2.05, 4.69) is 29.2 Å². The molecule has 0 aromatic carbocycles. The molecule has 0 aliphatic rings. The van der Waals surface area contributed by atoms with Gasteiger partial charge in [0.2, 0.25) is 5.91 Å². The van der Waals surface area contributed by atoms with Crippen molar-refractivity contribution in [2.24, 2.45) is 5.92 Å². The molecule has 6 heteroatoms. The third-order valence-corrected chi connectivity index (χ3v) is 2.92. The molecule has 0 unspecified atom stereocenters. The summed E-state index contributed by atoms with van der Waals surface area (Å²) >= 11 is 0. The molecule has 0 spiro atoms. The largest absolute Gasteiger partial charge is 0.465 e. The Labute approximate surface area is 117 Å². The van der Waals surface area contributed by atoms with Gasteiger partial charge >= 0.3 is 0 Å². The van der Waals surface area contributed by atoms with Crippen molar-refractivity contribution in [2.45, 2.75) is 26.4 Å². The van der Waals surface area contributed by atoms with Crippen LogP contribution in [-0.2, 0) is 11.3 Å². The van der Waals surface area contributed by atoms with E-state index in [0.717, 1.165) is 0 Å². The molecular formula is C14H18N4O2. The number of carbonyl (C=O) groups excluding carboxylic acids is 1. The summed E-state index contributed by atoms with van der Waals surface area (Å²) in [6, 6.07) is 3.56. The summed E-state index contributed by atoms with van der Waals surface area (Å²) in [5.74, 6) is 0.790. The zero-order valence-electron chi connectivity index (χ0n) is 11.6. The van der Waals surface area contributed by atoms with Crippen LogP contribution in [0.4, 0.5) is 0 Å². The highest BCUT2D eigenvalue weighted by molar-refractivity contribution is 5.91. The number of nitrogens with zero attached hydrogens (tertiary/aromatic N) is 3. The molecule has 1 atom stereocenters. The van der Waals surface area contributed by atoms with Gasteiger partial charge in [0, 0.05) is 6.08 Å². The molecule has 1 N–H and O–H groups in total. The van der Waals surface area contributed by atoms with Crippen LogP contribution in [0.5, 0.6) is 0 Å². The van der Waals surface area contributed by atoms with Gasteiger partial charge in [-0.2, -0.15) is 5.10 Å². The molecule has 0 aliphatic carbocycles. The Bertz CT molecular complexity index is 544. The number of hydrogen-bond donors (Lipinski definition) is 1. The first kappa shape index (κ1) is 14.0. The first-order chi connectivity index (χ1) is 9.65. The van der Waals surface area contributed by atoms with Gasteiger partial charge < -0.3 is 9.73 Å². The molecule has 2 aromatic heterocycles. The van der Waals surface area contributed by atoms with Gasteiger partial charge in [0.15, 0.2) is 0 Å². The van der Waals surface area contributed by atoms with Gasteiger partial charge in [-0.15, -0.1) is 0 Å². The van der Waals surface area contributed by atoms with Crippen LogP contribution in [0.2, 0.25) is 0 Å². The smallest absolute Gasteiger partial charge is 0.244 e. The predicted octanol–water partition coefficient (Wildman–Crippen LogP) is 1.73. The van der Waals surface area contributed by atoms with E-state index in [1.54, 1.807) is 35.5 Å². The Morgan fingerprint density at radius 3 is 3.00 bits per heavy atom. The monoisotopic (exact) mass is 274 g/mol. The summed E-state index contributed by atoms with van der Waals surface area (Å²) in [7, 11) is 0. The van der Waals surface area contributed by atoms with Crippen molar-refractivity contribution in [3.05, 3.63) is 42.9 Å². The normalized spacial score (nSPS) is 12.9. The van der Waals surface area contributed by atoms with E-state index in [1.165, 1.54) is 12.4 Å². The minimum Gasteiger partial charge on any atom is -0.465 e. The van der Waals surface area contributed by atoms with Crippen molar-refractivity contribution in [3.63, 3.8) is 0 Å². The summed E-state index contributed by atoms with van der Waals surface area (Å²) in [4.78, 5) is 15.8. The SMILES string of the molecule is CC(C)[C@H](Cn1cncn1)NC(=O)/C=C/c1ccco1. The van der Waals surface area contributed by atoms with E-state index in [-0.39, 0.29) is 11.9 Å². The number of furan rings is 1. The maximum atomic E-state index is 11.9. The van der Waals surface area contributed by atoms with Crippen LogP contribution in [0.15, 0.2) is 41.5 Å². The summed E-state index contributed by atoms with van der Waals surface area (Å²) in [6.07, 6.45) is 7.80. The first-order valence-corrected chi connectivity index (χ1v) is 6.49. The van der Waals surface area contributed by atoms with Crippen LogP contribution in [0, 0.1) is 5.92 Å². The summed E-state index contributed by atoms with van der Waals surface area (Å²) in [5.41, 5.74) is 0. The second-order valence-corrected chi connectivity index (χ2v) is 4.83. The molecule has 20 heavy (non-hydrogen) atoms. The minimum atomic E-state index is -0.153. The van der Waals surface area contributed by atoms with Gasteiger partial charge in [0.1, 0.15) is 18.4 Å². The molecule has 0 saturated heterocycles. The maximum Gasteiger partial charge on any atom is 0.244 e. The van der Waals surface area contributed by atoms with Gasteiger partial charge in [-0.1, -0.05) is 13.8 Å². The van der Waals surface area contributed by atoms with Crippen molar-refractivity contribution >= 4 is 12.0 Å². The number of carbonyl (C=O) groups is 1. The van der Waals surface area contributed by atoms with E-state index in [1.807, 2.05) is 0 Å². The molecule has 0 radical (unpaired) electrons. The lowest BCUT2D eigenvalue weighted by molar-refractivity contribution is -0.117. The van der Waals surface area contributed by atoms with Crippen LogP contribution in [0.1, 0.15) is 19.6 Å². The molecule has 2 heterocycles. The zero-order valence-corrected chi connectivity index (χ0v) is 11.6. The quantitative estimate of drug-likeness (QED) is 0.814. The molecule has 2 aromatic rings. The maximum absolute atomic E-state index is 11.9. The fraction of sp³-hybridized carbons (Fsp3) is 0.357. The van der Waals surface area contributed by atoms with E-state index in [9.17, 15) is 4.79 Å². The number of rotatable bonds is 6. The highest BCUT2D eigenvalue weighted by atomic mass is 16.3. The van der Waals surface area contributed by atoms with Gasteiger partial charge in [0.25, 0.3) is 0 Å². The predicted molar refractivity (Wildman–Crippen MR) is 74.5 cm³/mol. The highest BCUT2D eigenvalue weighted by Gasteiger charge is 2.16. The van der Waals surface area contributed by atoms with Crippen molar-refractivity contribution in [1.82, 2.24) is 20.1 Å². The Hall–Kier alpha value is -2.37. The number of nitrogens with one attached hydrogen (secondary N) is 1. The fourth-order valence-corrected chi connectivity index (χ4v) is 1.73. The lowest BCUT2D eigenvalue weighted by atomic mass is 10.0. The van der Waals surface area contributed by atoms with Gasteiger partial charge in [0.05, 0.1) is 18.8 Å². The highest BCUT2D eigenvalue weighted by Crippen LogP contribution is 2.05. The fourth-order valence-electron chi connectivity index (χ4n) is 1.73. The van der Waals surface area contributed by atoms with Crippen LogP contribution in [0.25, 0.3) is 6.08 Å². The molecule has 0 aliphatic heterocycles. The van der Waals surface area contributed by atoms with Crippen LogP contribution in [-0.4, -0.2) is 26.7 Å². The Balaban J connectivity index is 1.92. The standard InChI is InChI=1S/C14H18N4O2/c1-11(2)13(8-18-10-15-9-16-18)17-14(19)6-5-12-4-3-7-20-12/h3-7,9-11,13H,8H2,1-2H3,(H,17,19)/b6-5+/t13-/m0/s1. The van der Waals surface area contributed by atoms with E-state index < -0.39 is 0 Å². The third kappa shape index (κ3) is 4.08. The summed E-state index contributed by atoms with van der Waals surface area (Å²) in [5, 5.41) is 7.01. The van der Waals surface area contributed by atoms with Crippen molar-refractivity contribution in [3.8, 4) is 0 Å². The van der Waals surface area contributed by atoms with Crippen LogP contribution < -0.4 is 5.32 Å². The average Bonchev–Trinajstić information content (AvgIpc) is 3.08. The van der Waals surface area contributed by atoms with E-state index in [4.69, 9.17) is 4.42 Å². The molecular weight excluding hydrogens is 256 g/mol. The second-order valence-electron chi connectivity index (χ2n) is 4.83. The molecule has 2 rings (SSSR count). The molecule has 6 nitrogen and oxygen atoms in total. The van der Waals surface area contributed by atoms with E-state index >= 15 is 0 Å². The Morgan fingerprint density at radius 2 is 2.40 bits per heavy atom. The van der Waals surface area contributed by atoms with Crippen molar-refractivity contribution < 1.29 is 9.21 Å². The van der Waals surface area contributed by atoms with Crippen molar-refractivity contribution in [2.75, 3.05) is 0 Å². The van der Waals surface area contributed by atoms with Gasteiger partial charge in [-0.05, 0) is 24.1 Å². The molecule has 0 fully saturated rings. The molecule has 0 saturated carbocycles. The molecule has 0 bridgehead atoms. The van der Waals surface area contributed by atoms with Crippen molar-refractivity contribution in [1.29, 1.82) is 0 Å². The number of amides is 1. The average molecular weight is 274 g/mol. The van der Waals surface area contributed by atoms with Crippen LogP contribution in [0.3, 0.4) is 0 Å². The zero-order chi connectivity index (χ0) is 14.4. The molecule has 106 valence electrons. The summed E-state index contributed by atoms with van der Waals surface area (Å²) < 4.78 is 6.84. The lowest BCUT2D eigenvalue weighted by Gasteiger charge is -2.21. The summed E-state index contributed by atoms with van der Waals surface area (Å²) in [6.45, 7) is 4.70.